The number of aryl methyl sites for hydroxylation is 1. The average Bonchev–Trinajstić information content (AvgIpc) is 3.09. The fourth-order valence-electron chi connectivity index (χ4n) is 3.01. The van der Waals surface area contributed by atoms with Gasteiger partial charge < -0.3 is 19.7 Å². The van der Waals surface area contributed by atoms with Crippen molar-refractivity contribution >= 4 is 7.75 Å². The van der Waals surface area contributed by atoms with Gasteiger partial charge in [0.15, 0.2) is 6.23 Å². The lowest BCUT2D eigenvalue weighted by molar-refractivity contribution is -0.0768. The minimum absolute atomic E-state index is 0.0521. The number of aromatic amines is 1. The lowest BCUT2D eigenvalue weighted by Gasteiger charge is -2.22. The Balaban J connectivity index is 2.20. The van der Waals surface area contributed by atoms with Crippen LogP contribution in [0.3, 0.4) is 0 Å². The summed E-state index contributed by atoms with van der Waals surface area (Å²) in [6.07, 6.45) is -3.52. The molecule has 1 aliphatic rings. The predicted molar refractivity (Wildman–Crippen MR) is 111 cm³/mol. The number of ether oxygens (including phenoxy) is 2. The van der Waals surface area contributed by atoms with E-state index in [1.165, 1.54) is 13.1 Å². The number of aliphatic hydroxyl groups excluding tert-OH is 2. The van der Waals surface area contributed by atoms with Crippen LogP contribution in [0.2, 0.25) is 0 Å². The summed E-state index contributed by atoms with van der Waals surface area (Å²) < 4.78 is 35.5. The SMILES string of the molecule is Cc1cn([C@@H]2O[C@H](CNP(=O)(OCCC#N)OCCC#N)[C@@H](O)[C@H]2OCCO)c(=O)[nH]c1=O. The molecule has 0 spiro atoms. The van der Waals surface area contributed by atoms with Gasteiger partial charge in [-0.25, -0.2) is 14.4 Å². The first-order chi connectivity index (χ1) is 15.8. The summed E-state index contributed by atoms with van der Waals surface area (Å²) in [5, 5.41) is 39.7. The third kappa shape index (κ3) is 7.30. The molecule has 1 aromatic heterocycles. The van der Waals surface area contributed by atoms with Crippen LogP contribution in [-0.2, 0) is 23.1 Å². The Labute approximate surface area is 188 Å². The van der Waals surface area contributed by atoms with Gasteiger partial charge in [0.1, 0.15) is 18.3 Å². The zero-order valence-electron chi connectivity index (χ0n) is 17.9. The first-order valence-electron chi connectivity index (χ1n) is 10.0. The molecule has 0 amide bonds. The molecule has 0 radical (unpaired) electrons. The number of nitriles is 2. The highest BCUT2D eigenvalue weighted by Gasteiger charge is 2.46. The standard InChI is InChI=1S/C18H26N5O9P/c1-12-11-23(18(27)22-16(12)26)17-15(29-9-6-24)14(25)13(32-17)10-21-33(28,30-7-2-4-19)31-8-3-5-20/h11,13-15,17,24-25H,2-3,6-10H2,1H3,(H,21,28)(H,22,26,27)/t13-,14-,15-,17-/m1/s1. The molecule has 15 heteroatoms. The highest BCUT2D eigenvalue weighted by atomic mass is 31.2. The van der Waals surface area contributed by atoms with Gasteiger partial charge >= 0.3 is 13.4 Å². The predicted octanol–water partition coefficient (Wildman–Crippen LogP) is -0.961. The number of nitrogens with zero attached hydrogens (tertiary/aromatic N) is 3. The van der Waals surface area contributed by atoms with E-state index in [1.807, 2.05) is 12.1 Å². The van der Waals surface area contributed by atoms with Gasteiger partial charge in [-0.3, -0.25) is 23.4 Å². The molecule has 182 valence electrons. The first kappa shape index (κ1) is 26.9. The first-order valence-corrected chi connectivity index (χ1v) is 11.6. The molecule has 0 bridgehead atoms. The number of nitrogens with one attached hydrogen (secondary N) is 2. The summed E-state index contributed by atoms with van der Waals surface area (Å²) in [4.78, 5) is 26.1. The molecule has 4 N–H and O–H groups in total. The normalized spacial score (nSPS) is 22.7. The lowest BCUT2D eigenvalue weighted by atomic mass is 10.1. The van der Waals surface area contributed by atoms with Crippen molar-refractivity contribution in [2.75, 3.05) is 33.0 Å². The van der Waals surface area contributed by atoms with E-state index >= 15 is 0 Å². The van der Waals surface area contributed by atoms with Gasteiger partial charge in [0, 0.05) is 18.3 Å². The molecule has 1 aromatic rings. The maximum atomic E-state index is 12.9. The van der Waals surface area contributed by atoms with Crippen LogP contribution < -0.4 is 16.3 Å². The van der Waals surface area contributed by atoms with Gasteiger partial charge in [-0.15, -0.1) is 0 Å². The van der Waals surface area contributed by atoms with Gasteiger partial charge in [-0.1, -0.05) is 0 Å². The molecule has 14 nitrogen and oxygen atoms in total. The van der Waals surface area contributed by atoms with E-state index < -0.39 is 43.5 Å². The molecule has 0 aliphatic carbocycles. The van der Waals surface area contributed by atoms with Crippen molar-refractivity contribution in [1.82, 2.24) is 14.6 Å². The third-order valence-electron chi connectivity index (χ3n) is 4.57. The molecule has 0 aromatic carbocycles. The second-order valence-corrected chi connectivity index (χ2v) is 8.76. The smallest absolute Gasteiger partial charge is 0.394 e. The Morgan fingerprint density at radius 2 is 1.88 bits per heavy atom. The van der Waals surface area contributed by atoms with Gasteiger partial charge in [-0.05, 0) is 6.92 Å². The summed E-state index contributed by atoms with van der Waals surface area (Å²) in [6.45, 7) is 0.301. The Kier molecular flexibility index (Phi) is 10.4. The van der Waals surface area contributed by atoms with Gasteiger partial charge in [-0.2, -0.15) is 10.5 Å². The molecule has 1 aliphatic heterocycles. The number of hydrogen-bond donors (Lipinski definition) is 4. The molecular weight excluding hydrogens is 461 g/mol. The third-order valence-corrected chi connectivity index (χ3v) is 6.19. The maximum Gasteiger partial charge on any atom is 0.405 e. The quantitative estimate of drug-likeness (QED) is 0.196. The number of H-pyrrole nitrogens is 1. The van der Waals surface area contributed by atoms with Crippen LogP contribution in [0.1, 0.15) is 24.6 Å². The van der Waals surface area contributed by atoms with Crippen molar-refractivity contribution in [3.63, 3.8) is 0 Å². The van der Waals surface area contributed by atoms with E-state index in [0.717, 1.165) is 4.57 Å². The van der Waals surface area contributed by atoms with Crippen molar-refractivity contribution < 1.29 is 33.3 Å². The molecule has 4 atom stereocenters. The Bertz CT molecular complexity index is 1010. The van der Waals surface area contributed by atoms with Crippen LogP contribution in [0, 0.1) is 29.6 Å². The zero-order chi connectivity index (χ0) is 24.4. The van der Waals surface area contributed by atoms with Crippen molar-refractivity contribution in [1.29, 1.82) is 10.5 Å². The largest absolute Gasteiger partial charge is 0.405 e. The molecule has 0 saturated carbocycles. The molecule has 1 saturated heterocycles. The van der Waals surface area contributed by atoms with Gasteiger partial charge in [0.25, 0.3) is 5.56 Å². The summed E-state index contributed by atoms with van der Waals surface area (Å²) in [6, 6.07) is 3.67. The fourth-order valence-corrected chi connectivity index (χ4v) is 4.33. The van der Waals surface area contributed by atoms with Crippen molar-refractivity contribution in [3.8, 4) is 12.1 Å². The van der Waals surface area contributed by atoms with Crippen molar-refractivity contribution in [3.05, 3.63) is 32.6 Å². The van der Waals surface area contributed by atoms with Crippen LogP contribution in [0.25, 0.3) is 0 Å². The highest BCUT2D eigenvalue weighted by Crippen LogP contribution is 2.44. The van der Waals surface area contributed by atoms with Gasteiger partial charge in [0.2, 0.25) is 0 Å². The van der Waals surface area contributed by atoms with Crippen LogP contribution in [-0.4, -0.2) is 71.0 Å². The van der Waals surface area contributed by atoms with E-state index in [4.69, 9.17) is 34.2 Å². The number of hydrogen-bond acceptors (Lipinski definition) is 11. The molecular formula is C18H26N5O9P. The summed E-state index contributed by atoms with van der Waals surface area (Å²) in [5.74, 6) is 0. The van der Waals surface area contributed by atoms with Crippen LogP contribution >= 0.6 is 7.75 Å². The second kappa shape index (κ2) is 12.7. The fraction of sp³-hybridized carbons (Fsp3) is 0.667. The zero-order valence-corrected chi connectivity index (χ0v) is 18.8. The lowest BCUT2D eigenvalue weighted by Crippen LogP contribution is -2.41. The summed E-state index contributed by atoms with van der Waals surface area (Å²) >= 11 is 0. The molecule has 2 heterocycles. The van der Waals surface area contributed by atoms with Gasteiger partial charge in [0.05, 0.1) is 51.4 Å². The van der Waals surface area contributed by atoms with E-state index in [0.29, 0.717) is 0 Å². The molecule has 1 fully saturated rings. The van der Waals surface area contributed by atoms with Crippen molar-refractivity contribution in [2.45, 2.75) is 44.3 Å². The second-order valence-electron chi connectivity index (χ2n) is 6.94. The topological polar surface area (TPSA) is 209 Å². The Morgan fingerprint density at radius 3 is 2.45 bits per heavy atom. The number of aliphatic hydroxyl groups is 2. The van der Waals surface area contributed by atoms with E-state index in [1.54, 1.807) is 0 Å². The molecule has 33 heavy (non-hydrogen) atoms. The molecule has 0 unspecified atom stereocenters. The minimum Gasteiger partial charge on any atom is -0.394 e. The van der Waals surface area contributed by atoms with E-state index in [-0.39, 0.29) is 51.4 Å². The summed E-state index contributed by atoms with van der Waals surface area (Å²) in [7, 11) is -3.95. The Hall–Kier alpha value is -2.39. The number of rotatable bonds is 13. The Morgan fingerprint density at radius 1 is 1.24 bits per heavy atom. The van der Waals surface area contributed by atoms with E-state index in [2.05, 4.69) is 10.1 Å². The van der Waals surface area contributed by atoms with Crippen LogP contribution in [0.4, 0.5) is 0 Å². The monoisotopic (exact) mass is 487 g/mol. The maximum absolute atomic E-state index is 12.9. The minimum atomic E-state index is -3.95. The van der Waals surface area contributed by atoms with E-state index in [9.17, 15) is 19.3 Å². The van der Waals surface area contributed by atoms with Crippen molar-refractivity contribution in [2.24, 2.45) is 0 Å². The average molecular weight is 487 g/mol. The molecule has 2 rings (SSSR count). The highest BCUT2D eigenvalue weighted by molar-refractivity contribution is 7.51. The van der Waals surface area contributed by atoms with Crippen LogP contribution in [0.5, 0.6) is 0 Å². The number of aromatic nitrogens is 2. The van der Waals surface area contributed by atoms with Crippen LogP contribution in [0.15, 0.2) is 15.8 Å². The summed E-state index contributed by atoms with van der Waals surface area (Å²) in [5.41, 5.74) is -1.15.